The number of carbonyl (C=O) groups excluding carboxylic acids is 1. The normalized spacial score (nSPS) is 15.5. The zero-order valence-electron chi connectivity index (χ0n) is 19.4. The highest BCUT2D eigenvalue weighted by atomic mass is 16.5. The van der Waals surface area contributed by atoms with E-state index in [-0.39, 0.29) is 5.91 Å². The minimum atomic E-state index is -0.432. The lowest BCUT2D eigenvalue weighted by Crippen LogP contribution is -2.47. The van der Waals surface area contributed by atoms with Crippen LogP contribution in [0.25, 0.3) is 11.1 Å². The number of aryl methyl sites for hydroxylation is 3. The van der Waals surface area contributed by atoms with Gasteiger partial charge in [0.25, 0.3) is 0 Å². The van der Waals surface area contributed by atoms with E-state index in [1.165, 1.54) is 27.8 Å². The fourth-order valence-electron chi connectivity index (χ4n) is 4.73. The van der Waals surface area contributed by atoms with Crippen molar-refractivity contribution >= 4 is 5.91 Å². The minimum absolute atomic E-state index is 0.127. The molecule has 1 aromatic heterocycles. The van der Waals surface area contributed by atoms with Gasteiger partial charge in [0.15, 0.2) is 0 Å². The molecule has 0 unspecified atom stereocenters. The summed E-state index contributed by atoms with van der Waals surface area (Å²) in [7, 11) is 0. The summed E-state index contributed by atoms with van der Waals surface area (Å²) in [6.45, 7) is 8.80. The third kappa shape index (κ3) is 5.10. The van der Waals surface area contributed by atoms with Crippen molar-refractivity contribution in [2.75, 3.05) is 19.8 Å². The lowest BCUT2D eigenvalue weighted by molar-refractivity contribution is -0.136. The molecule has 0 bridgehead atoms. The van der Waals surface area contributed by atoms with E-state index in [4.69, 9.17) is 4.74 Å². The molecule has 2 aromatic carbocycles. The van der Waals surface area contributed by atoms with E-state index in [2.05, 4.69) is 66.7 Å². The Bertz CT molecular complexity index is 1060. The molecular weight excluding hydrogens is 398 g/mol. The molecule has 0 saturated carbocycles. The van der Waals surface area contributed by atoms with E-state index in [1.54, 1.807) is 6.20 Å². The molecule has 1 aliphatic heterocycles. The van der Waals surface area contributed by atoms with E-state index in [0.717, 1.165) is 25.0 Å². The molecule has 1 aliphatic rings. The van der Waals surface area contributed by atoms with E-state index < -0.39 is 5.41 Å². The van der Waals surface area contributed by atoms with Crippen molar-refractivity contribution in [3.63, 3.8) is 0 Å². The van der Waals surface area contributed by atoms with Crippen LogP contribution in [0.1, 0.15) is 35.2 Å². The van der Waals surface area contributed by atoms with Crippen LogP contribution in [0, 0.1) is 26.2 Å². The topological polar surface area (TPSA) is 56.2 Å². The first-order valence-electron chi connectivity index (χ1n) is 11.5. The van der Waals surface area contributed by atoms with Crippen molar-refractivity contribution in [1.82, 2.24) is 15.1 Å². The second-order valence-electron chi connectivity index (χ2n) is 9.10. The highest BCUT2D eigenvalue weighted by molar-refractivity contribution is 5.83. The summed E-state index contributed by atoms with van der Waals surface area (Å²) in [4.78, 5) is 13.4. The van der Waals surface area contributed by atoms with Gasteiger partial charge in [0.05, 0.1) is 12.0 Å². The van der Waals surface area contributed by atoms with Crippen LogP contribution in [0.15, 0.2) is 54.7 Å². The van der Waals surface area contributed by atoms with Crippen LogP contribution in [0.3, 0.4) is 0 Å². The maximum absolute atomic E-state index is 13.4. The molecule has 5 nitrogen and oxygen atoms in total. The summed E-state index contributed by atoms with van der Waals surface area (Å²) in [5.41, 5.74) is 6.81. The lowest BCUT2D eigenvalue weighted by Gasteiger charge is -2.36. The van der Waals surface area contributed by atoms with Crippen LogP contribution in [0.4, 0.5) is 0 Å². The first-order valence-corrected chi connectivity index (χ1v) is 11.5. The third-order valence-corrected chi connectivity index (χ3v) is 6.49. The van der Waals surface area contributed by atoms with Gasteiger partial charge in [-0.1, -0.05) is 53.6 Å². The molecule has 168 valence electrons. The Kier molecular flexibility index (Phi) is 6.75. The highest BCUT2D eigenvalue weighted by Crippen LogP contribution is 2.36. The number of nitrogens with zero attached hydrogens (tertiary/aromatic N) is 2. The van der Waals surface area contributed by atoms with Crippen molar-refractivity contribution in [2.24, 2.45) is 5.41 Å². The number of aromatic nitrogens is 2. The molecular formula is C27H33N3O2. The average Bonchev–Trinajstić information content (AvgIpc) is 3.18. The summed E-state index contributed by atoms with van der Waals surface area (Å²) in [5, 5.41) is 7.49. The summed E-state index contributed by atoms with van der Waals surface area (Å²) in [5.74, 6) is 0.127. The molecule has 0 aliphatic carbocycles. The Morgan fingerprint density at radius 3 is 2.47 bits per heavy atom. The number of amides is 1. The van der Waals surface area contributed by atoms with Crippen molar-refractivity contribution in [3.8, 4) is 11.1 Å². The molecule has 1 saturated heterocycles. The number of hydrogen-bond acceptors (Lipinski definition) is 3. The van der Waals surface area contributed by atoms with Crippen LogP contribution >= 0.6 is 0 Å². The number of nitrogens with one attached hydrogen (secondary N) is 1. The average molecular weight is 432 g/mol. The molecule has 32 heavy (non-hydrogen) atoms. The lowest BCUT2D eigenvalue weighted by atomic mass is 9.74. The maximum Gasteiger partial charge on any atom is 0.226 e. The van der Waals surface area contributed by atoms with Gasteiger partial charge < -0.3 is 10.1 Å². The largest absolute Gasteiger partial charge is 0.381 e. The van der Waals surface area contributed by atoms with Gasteiger partial charge in [-0.25, -0.2) is 0 Å². The van der Waals surface area contributed by atoms with Gasteiger partial charge in [-0.05, 0) is 62.8 Å². The fourth-order valence-corrected chi connectivity index (χ4v) is 4.73. The van der Waals surface area contributed by atoms with Gasteiger partial charge in [-0.2, -0.15) is 5.10 Å². The smallest absolute Gasteiger partial charge is 0.226 e. The Labute approximate surface area is 190 Å². The molecule has 5 heteroatoms. The quantitative estimate of drug-likeness (QED) is 0.593. The number of benzene rings is 2. The Balaban J connectivity index is 1.51. The SMILES string of the molecule is Cc1cc(C)cc(-c2cccc(CC3(C(=O)NCCn4nccc4C)CCOCC3)c2)c1. The molecule has 0 radical (unpaired) electrons. The predicted octanol–water partition coefficient (Wildman–Crippen LogP) is 4.63. The summed E-state index contributed by atoms with van der Waals surface area (Å²) in [6, 6.07) is 17.3. The number of ether oxygens (including phenoxy) is 1. The monoisotopic (exact) mass is 431 g/mol. The summed E-state index contributed by atoms with van der Waals surface area (Å²) < 4.78 is 7.54. The van der Waals surface area contributed by atoms with Crippen LogP contribution in [0.2, 0.25) is 0 Å². The van der Waals surface area contributed by atoms with Crippen LogP contribution in [-0.4, -0.2) is 35.4 Å². The van der Waals surface area contributed by atoms with Crippen molar-refractivity contribution in [1.29, 1.82) is 0 Å². The van der Waals surface area contributed by atoms with Crippen molar-refractivity contribution < 1.29 is 9.53 Å². The molecule has 0 spiro atoms. The first-order chi connectivity index (χ1) is 15.4. The molecule has 2 heterocycles. The van der Waals surface area contributed by atoms with E-state index in [1.807, 2.05) is 17.7 Å². The zero-order chi connectivity index (χ0) is 22.6. The number of rotatable bonds is 7. The van der Waals surface area contributed by atoms with Gasteiger partial charge in [0.1, 0.15) is 0 Å². The predicted molar refractivity (Wildman–Crippen MR) is 128 cm³/mol. The van der Waals surface area contributed by atoms with E-state index in [0.29, 0.717) is 26.3 Å². The summed E-state index contributed by atoms with van der Waals surface area (Å²) >= 11 is 0. The summed E-state index contributed by atoms with van der Waals surface area (Å²) in [6.07, 6.45) is 4.00. The Hall–Kier alpha value is -2.92. The second-order valence-corrected chi connectivity index (χ2v) is 9.10. The van der Waals surface area contributed by atoms with E-state index >= 15 is 0 Å². The van der Waals surface area contributed by atoms with Crippen LogP contribution in [-0.2, 0) is 22.5 Å². The first kappa shape index (κ1) is 22.3. The van der Waals surface area contributed by atoms with Gasteiger partial charge in [0.2, 0.25) is 5.91 Å². The van der Waals surface area contributed by atoms with Gasteiger partial charge >= 0.3 is 0 Å². The highest BCUT2D eigenvalue weighted by Gasteiger charge is 2.40. The fraction of sp³-hybridized carbons (Fsp3) is 0.407. The third-order valence-electron chi connectivity index (χ3n) is 6.49. The number of carbonyl (C=O) groups is 1. The standard InChI is InChI=1S/C27H33N3O2/c1-20-15-21(2)17-25(16-20)24-6-4-5-23(18-24)19-27(8-13-32-14-9-27)26(31)28-11-12-30-22(3)7-10-29-30/h4-7,10,15-18H,8-9,11-14,19H2,1-3H3,(H,28,31). The molecule has 1 N–H and O–H groups in total. The molecule has 4 rings (SSSR count). The molecule has 1 amide bonds. The Morgan fingerprint density at radius 1 is 1.03 bits per heavy atom. The Morgan fingerprint density at radius 2 is 1.78 bits per heavy atom. The van der Waals surface area contributed by atoms with Gasteiger partial charge in [-0.15, -0.1) is 0 Å². The second kappa shape index (κ2) is 9.70. The van der Waals surface area contributed by atoms with Crippen molar-refractivity contribution in [3.05, 3.63) is 77.1 Å². The number of hydrogen-bond donors (Lipinski definition) is 1. The minimum Gasteiger partial charge on any atom is -0.381 e. The molecule has 3 aromatic rings. The maximum atomic E-state index is 13.4. The van der Waals surface area contributed by atoms with Gasteiger partial charge in [0, 0.05) is 31.6 Å². The van der Waals surface area contributed by atoms with Crippen molar-refractivity contribution in [2.45, 2.75) is 46.6 Å². The molecule has 1 fully saturated rings. The molecule has 0 atom stereocenters. The van der Waals surface area contributed by atoms with Crippen LogP contribution < -0.4 is 5.32 Å². The zero-order valence-corrected chi connectivity index (χ0v) is 19.4. The van der Waals surface area contributed by atoms with Crippen LogP contribution in [0.5, 0.6) is 0 Å². The van der Waals surface area contributed by atoms with E-state index in [9.17, 15) is 4.79 Å². The van der Waals surface area contributed by atoms with Gasteiger partial charge in [-0.3, -0.25) is 9.48 Å².